The molecular weight excluding hydrogens is 372 g/mol. The molecule has 0 radical (unpaired) electrons. The SMILES string of the molecule is CC(=O)O.Nc1nccc(Nc2cc(-c3cccc(CO)c3)c3[nH]ncc3c2)n1. The minimum absolute atomic E-state index is 0.00187. The third kappa shape index (κ3) is 5.05. The molecule has 2 heterocycles. The highest BCUT2D eigenvalue weighted by atomic mass is 16.4. The lowest BCUT2D eigenvalue weighted by atomic mass is 10.0. The first-order chi connectivity index (χ1) is 14.0. The second-order valence-corrected chi connectivity index (χ2v) is 6.16. The number of aliphatic hydroxyl groups excluding tert-OH is 1. The van der Waals surface area contributed by atoms with Crippen LogP contribution < -0.4 is 11.1 Å². The highest BCUT2D eigenvalue weighted by Crippen LogP contribution is 2.32. The van der Waals surface area contributed by atoms with Gasteiger partial charge in [-0.05, 0) is 35.4 Å². The minimum atomic E-state index is -0.833. The number of H-pyrrole nitrogens is 1. The van der Waals surface area contributed by atoms with Crippen molar-refractivity contribution in [3.63, 3.8) is 0 Å². The molecule has 2 aromatic heterocycles. The zero-order valence-electron chi connectivity index (χ0n) is 15.6. The number of nitrogen functional groups attached to an aromatic ring is 1. The number of nitrogens with zero attached hydrogens (tertiary/aromatic N) is 3. The molecule has 0 unspecified atom stereocenters. The number of carboxylic acids is 1. The standard InChI is InChI=1S/C18H16N6O.C2H4O2/c19-18-20-5-4-16(23-18)22-14-7-13-9-21-24-17(13)15(8-14)12-3-1-2-11(6-12)10-25;1-2(3)4/h1-9,25H,10H2,(H,21,24)(H3,19,20,22,23);1H3,(H,3,4). The van der Waals surface area contributed by atoms with E-state index in [0.29, 0.717) is 5.82 Å². The van der Waals surface area contributed by atoms with Crippen molar-refractivity contribution < 1.29 is 15.0 Å². The van der Waals surface area contributed by atoms with Gasteiger partial charge in [0.2, 0.25) is 5.95 Å². The summed E-state index contributed by atoms with van der Waals surface area (Å²) in [7, 11) is 0. The summed E-state index contributed by atoms with van der Waals surface area (Å²) in [4.78, 5) is 17.1. The van der Waals surface area contributed by atoms with E-state index in [-0.39, 0.29) is 12.6 Å². The Bertz CT molecular complexity index is 1140. The van der Waals surface area contributed by atoms with E-state index in [2.05, 4.69) is 25.5 Å². The highest BCUT2D eigenvalue weighted by molar-refractivity contribution is 5.96. The first-order valence-electron chi connectivity index (χ1n) is 8.68. The molecule has 9 heteroatoms. The monoisotopic (exact) mass is 392 g/mol. The van der Waals surface area contributed by atoms with Crippen LogP contribution in [0, 0.1) is 0 Å². The number of rotatable bonds is 4. The number of nitrogens with one attached hydrogen (secondary N) is 2. The Morgan fingerprint density at radius 2 is 2.03 bits per heavy atom. The summed E-state index contributed by atoms with van der Waals surface area (Å²) >= 11 is 0. The lowest BCUT2D eigenvalue weighted by molar-refractivity contribution is -0.134. The lowest BCUT2D eigenvalue weighted by Crippen LogP contribution is -1.99. The maximum Gasteiger partial charge on any atom is 0.300 e. The molecule has 0 bridgehead atoms. The fourth-order valence-corrected chi connectivity index (χ4v) is 2.79. The highest BCUT2D eigenvalue weighted by Gasteiger charge is 2.10. The Morgan fingerprint density at radius 3 is 2.76 bits per heavy atom. The topological polar surface area (TPSA) is 150 Å². The fraction of sp³-hybridized carbons (Fsp3) is 0.100. The van der Waals surface area contributed by atoms with Crippen LogP contribution in [0.25, 0.3) is 22.0 Å². The first kappa shape index (κ1) is 19.8. The zero-order chi connectivity index (χ0) is 20.8. The van der Waals surface area contributed by atoms with E-state index in [4.69, 9.17) is 15.6 Å². The van der Waals surface area contributed by atoms with Gasteiger partial charge in [-0.25, -0.2) is 4.98 Å². The van der Waals surface area contributed by atoms with Crippen LogP contribution in [0.5, 0.6) is 0 Å². The van der Waals surface area contributed by atoms with E-state index in [9.17, 15) is 5.11 Å². The largest absolute Gasteiger partial charge is 0.481 e. The van der Waals surface area contributed by atoms with Crippen LogP contribution in [0.4, 0.5) is 17.5 Å². The summed E-state index contributed by atoms with van der Waals surface area (Å²) < 4.78 is 0. The smallest absolute Gasteiger partial charge is 0.300 e. The van der Waals surface area contributed by atoms with Gasteiger partial charge in [0.15, 0.2) is 0 Å². The number of carboxylic acid groups (broad SMARTS) is 1. The van der Waals surface area contributed by atoms with E-state index in [1.807, 2.05) is 36.4 Å². The van der Waals surface area contributed by atoms with Gasteiger partial charge in [-0.1, -0.05) is 18.2 Å². The number of hydrogen-bond acceptors (Lipinski definition) is 7. The fourth-order valence-electron chi connectivity index (χ4n) is 2.79. The number of carbonyl (C=O) groups is 1. The zero-order valence-corrected chi connectivity index (χ0v) is 15.6. The number of aromatic amines is 1. The van der Waals surface area contributed by atoms with Crippen LogP contribution >= 0.6 is 0 Å². The van der Waals surface area contributed by atoms with Gasteiger partial charge in [0, 0.05) is 29.8 Å². The Kier molecular flexibility index (Phi) is 6.00. The molecule has 0 aliphatic carbocycles. The van der Waals surface area contributed by atoms with Crippen molar-refractivity contribution in [2.24, 2.45) is 0 Å². The second kappa shape index (κ2) is 8.81. The average molecular weight is 392 g/mol. The number of aliphatic hydroxyl groups is 1. The molecule has 0 spiro atoms. The molecule has 6 N–H and O–H groups in total. The van der Waals surface area contributed by atoms with Crippen LogP contribution in [-0.4, -0.2) is 36.3 Å². The molecule has 0 atom stereocenters. The van der Waals surface area contributed by atoms with E-state index in [1.165, 1.54) is 0 Å². The van der Waals surface area contributed by atoms with Gasteiger partial charge in [0.1, 0.15) is 5.82 Å². The third-order valence-corrected chi connectivity index (χ3v) is 3.92. The van der Waals surface area contributed by atoms with Crippen LogP contribution in [-0.2, 0) is 11.4 Å². The van der Waals surface area contributed by atoms with Crippen LogP contribution in [0.15, 0.2) is 54.9 Å². The molecular formula is C20H20N6O3. The molecule has 0 saturated carbocycles. The van der Waals surface area contributed by atoms with Gasteiger partial charge in [-0.2, -0.15) is 10.1 Å². The number of hydrogen-bond donors (Lipinski definition) is 5. The number of benzene rings is 2. The van der Waals surface area contributed by atoms with Gasteiger partial charge in [0.05, 0.1) is 18.3 Å². The van der Waals surface area contributed by atoms with Gasteiger partial charge in [0.25, 0.3) is 5.97 Å². The van der Waals surface area contributed by atoms with Gasteiger partial charge < -0.3 is 21.3 Å². The maximum atomic E-state index is 9.40. The van der Waals surface area contributed by atoms with E-state index < -0.39 is 5.97 Å². The van der Waals surface area contributed by atoms with Crippen molar-refractivity contribution in [3.8, 4) is 11.1 Å². The molecule has 148 valence electrons. The molecule has 9 nitrogen and oxygen atoms in total. The number of aromatic nitrogens is 4. The van der Waals surface area contributed by atoms with Crippen LogP contribution in [0.3, 0.4) is 0 Å². The summed E-state index contributed by atoms with van der Waals surface area (Å²) in [5.74, 6) is -0.00402. The molecule has 2 aromatic carbocycles. The van der Waals surface area contributed by atoms with E-state index >= 15 is 0 Å². The molecule has 4 rings (SSSR count). The minimum Gasteiger partial charge on any atom is -0.481 e. The second-order valence-electron chi connectivity index (χ2n) is 6.16. The molecule has 0 aliphatic heterocycles. The number of anilines is 3. The van der Waals surface area contributed by atoms with Crippen LogP contribution in [0.2, 0.25) is 0 Å². The van der Waals surface area contributed by atoms with Gasteiger partial charge in [-0.15, -0.1) is 0 Å². The van der Waals surface area contributed by atoms with Crippen molar-refractivity contribution in [3.05, 3.63) is 60.4 Å². The summed E-state index contributed by atoms with van der Waals surface area (Å²) in [5.41, 5.74) is 10.3. The summed E-state index contributed by atoms with van der Waals surface area (Å²) in [6.45, 7) is 1.08. The Balaban J connectivity index is 0.000000552. The first-order valence-corrected chi connectivity index (χ1v) is 8.68. The van der Waals surface area contributed by atoms with Crippen molar-refractivity contribution in [1.29, 1.82) is 0 Å². The van der Waals surface area contributed by atoms with E-state index in [0.717, 1.165) is 40.2 Å². The van der Waals surface area contributed by atoms with Gasteiger partial charge >= 0.3 is 0 Å². The summed E-state index contributed by atoms with van der Waals surface area (Å²) in [6, 6.07) is 13.5. The molecule has 29 heavy (non-hydrogen) atoms. The molecule has 0 fully saturated rings. The molecule has 4 aromatic rings. The van der Waals surface area contributed by atoms with Crippen molar-refractivity contribution in [1.82, 2.24) is 20.2 Å². The van der Waals surface area contributed by atoms with Crippen molar-refractivity contribution >= 4 is 34.3 Å². The number of fused-ring (bicyclic) bond motifs is 1. The van der Waals surface area contributed by atoms with Crippen LogP contribution in [0.1, 0.15) is 12.5 Å². The maximum absolute atomic E-state index is 9.40. The quantitative estimate of drug-likeness (QED) is 0.356. The normalized spacial score (nSPS) is 10.3. The Morgan fingerprint density at radius 1 is 1.24 bits per heavy atom. The predicted molar refractivity (Wildman–Crippen MR) is 110 cm³/mol. The summed E-state index contributed by atoms with van der Waals surface area (Å²) in [5, 5.41) is 28.2. The lowest BCUT2D eigenvalue weighted by Gasteiger charge is -2.10. The third-order valence-electron chi connectivity index (χ3n) is 3.92. The Hall–Kier alpha value is -3.98. The number of nitrogens with two attached hydrogens (primary N) is 1. The number of aliphatic carboxylic acids is 1. The molecule has 0 aliphatic rings. The predicted octanol–water partition coefficient (Wildman–Crippen LogP) is 2.93. The molecule has 0 saturated heterocycles. The van der Waals surface area contributed by atoms with Crippen molar-refractivity contribution in [2.75, 3.05) is 11.1 Å². The Labute approximate surface area is 166 Å². The summed E-state index contributed by atoms with van der Waals surface area (Å²) in [6.07, 6.45) is 3.38. The van der Waals surface area contributed by atoms with Crippen molar-refractivity contribution in [2.45, 2.75) is 13.5 Å². The average Bonchev–Trinajstić information content (AvgIpc) is 3.15. The molecule has 0 amide bonds. The van der Waals surface area contributed by atoms with Gasteiger partial charge in [-0.3, -0.25) is 9.89 Å². The van der Waals surface area contributed by atoms with E-state index in [1.54, 1.807) is 18.5 Å².